The summed E-state index contributed by atoms with van der Waals surface area (Å²) in [4.78, 5) is 4.61. The monoisotopic (exact) mass is 352 g/mol. The Morgan fingerprint density at radius 3 is 2.81 bits per heavy atom. The molecule has 3 nitrogen and oxygen atoms in total. The van der Waals surface area contributed by atoms with Crippen molar-refractivity contribution in [1.29, 1.82) is 0 Å². The zero-order valence-electron chi connectivity index (χ0n) is 12.8. The Balaban J connectivity index is 1.75. The standard InChI is InChI=1S/C17H25BrN2O/c1-19-16(15-6-5-14(18)12-20-15)13-7-10-21-17(11-13)8-3-2-4-9-17/h5-6,12-13,16,19H,2-4,7-11H2,1H3. The average molecular weight is 353 g/mol. The molecule has 1 saturated heterocycles. The molecule has 1 N–H and O–H groups in total. The van der Waals surface area contributed by atoms with Gasteiger partial charge in [0.15, 0.2) is 0 Å². The smallest absolute Gasteiger partial charge is 0.0686 e. The number of aromatic nitrogens is 1. The predicted molar refractivity (Wildman–Crippen MR) is 88.2 cm³/mol. The van der Waals surface area contributed by atoms with E-state index in [-0.39, 0.29) is 5.60 Å². The molecular formula is C17H25BrN2O. The van der Waals surface area contributed by atoms with Crippen molar-refractivity contribution < 1.29 is 4.74 Å². The van der Waals surface area contributed by atoms with Crippen LogP contribution in [-0.4, -0.2) is 24.2 Å². The second kappa shape index (κ2) is 6.76. The number of pyridine rings is 1. The van der Waals surface area contributed by atoms with Crippen molar-refractivity contribution in [3.05, 3.63) is 28.5 Å². The fourth-order valence-electron chi connectivity index (χ4n) is 4.09. The molecule has 2 fully saturated rings. The number of nitrogens with zero attached hydrogens (tertiary/aromatic N) is 1. The molecule has 0 aromatic carbocycles. The summed E-state index contributed by atoms with van der Waals surface area (Å²) in [5.41, 5.74) is 1.31. The highest BCUT2D eigenvalue weighted by atomic mass is 79.9. The first-order chi connectivity index (χ1) is 10.2. The van der Waals surface area contributed by atoms with E-state index in [9.17, 15) is 0 Å². The number of hydrogen-bond donors (Lipinski definition) is 1. The summed E-state index contributed by atoms with van der Waals surface area (Å²) in [6.07, 6.45) is 10.7. The first-order valence-corrected chi connectivity index (χ1v) is 8.94. The van der Waals surface area contributed by atoms with Crippen LogP contribution in [0.15, 0.2) is 22.8 Å². The van der Waals surface area contributed by atoms with Gasteiger partial charge in [-0.3, -0.25) is 4.98 Å². The predicted octanol–water partition coefficient (Wildman–Crippen LogP) is 4.23. The molecule has 0 bridgehead atoms. The van der Waals surface area contributed by atoms with Gasteiger partial charge in [0.1, 0.15) is 0 Å². The van der Waals surface area contributed by atoms with Gasteiger partial charge in [-0.2, -0.15) is 0 Å². The maximum Gasteiger partial charge on any atom is 0.0686 e. The maximum atomic E-state index is 6.23. The van der Waals surface area contributed by atoms with Crippen LogP contribution in [0.5, 0.6) is 0 Å². The summed E-state index contributed by atoms with van der Waals surface area (Å²) < 4.78 is 7.27. The Kier molecular flexibility index (Phi) is 4.97. The van der Waals surface area contributed by atoms with Gasteiger partial charge in [-0.05, 0) is 66.7 Å². The molecule has 2 unspecified atom stereocenters. The normalized spacial score (nSPS) is 26.7. The molecule has 2 atom stereocenters. The molecule has 116 valence electrons. The molecule has 1 aromatic rings. The van der Waals surface area contributed by atoms with Gasteiger partial charge in [-0.25, -0.2) is 0 Å². The molecule has 21 heavy (non-hydrogen) atoms. The molecule has 0 amide bonds. The number of ether oxygens (including phenoxy) is 1. The van der Waals surface area contributed by atoms with Gasteiger partial charge in [0, 0.05) is 17.3 Å². The van der Waals surface area contributed by atoms with Crippen LogP contribution in [0.4, 0.5) is 0 Å². The van der Waals surface area contributed by atoms with E-state index in [1.165, 1.54) is 38.5 Å². The summed E-state index contributed by atoms with van der Waals surface area (Å²) in [7, 11) is 2.05. The van der Waals surface area contributed by atoms with E-state index < -0.39 is 0 Å². The van der Waals surface area contributed by atoms with Crippen molar-refractivity contribution in [3.63, 3.8) is 0 Å². The van der Waals surface area contributed by atoms with E-state index in [1.807, 2.05) is 6.20 Å². The highest BCUT2D eigenvalue weighted by molar-refractivity contribution is 9.10. The van der Waals surface area contributed by atoms with Gasteiger partial charge in [0.2, 0.25) is 0 Å². The minimum atomic E-state index is 0.158. The molecule has 1 aromatic heterocycles. The van der Waals surface area contributed by atoms with E-state index in [1.54, 1.807) is 0 Å². The number of nitrogens with one attached hydrogen (secondary N) is 1. The molecule has 1 aliphatic heterocycles. The summed E-state index contributed by atoms with van der Waals surface area (Å²) in [6.45, 7) is 0.902. The van der Waals surface area contributed by atoms with Crippen molar-refractivity contribution in [3.8, 4) is 0 Å². The van der Waals surface area contributed by atoms with Gasteiger partial charge in [0.25, 0.3) is 0 Å². The fourth-order valence-corrected chi connectivity index (χ4v) is 4.33. The van der Waals surface area contributed by atoms with E-state index in [2.05, 4.69) is 45.4 Å². The molecule has 1 aliphatic carbocycles. The molecule has 4 heteroatoms. The van der Waals surface area contributed by atoms with Gasteiger partial charge in [0.05, 0.1) is 17.3 Å². The second-order valence-electron chi connectivity index (χ2n) is 6.51. The van der Waals surface area contributed by atoms with Crippen LogP contribution in [0, 0.1) is 5.92 Å². The minimum absolute atomic E-state index is 0.158. The van der Waals surface area contributed by atoms with Crippen LogP contribution in [0.3, 0.4) is 0 Å². The van der Waals surface area contributed by atoms with E-state index in [4.69, 9.17) is 4.74 Å². The molecule has 1 spiro atoms. The second-order valence-corrected chi connectivity index (χ2v) is 7.43. The number of hydrogen-bond acceptors (Lipinski definition) is 3. The third-order valence-corrected chi connectivity index (χ3v) is 5.62. The van der Waals surface area contributed by atoms with Crippen molar-refractivity contribution in [1.82, 2.24) is 10.3 Å². The molecule has 0 radical (unpaired) electrons. The maximum absolute atomic E-state index is 6.23. The van der Waals surface area contributed by atoms with Crippen LogP contribution < -0.4 is 5.32 Å². The van der Waals surface area contributed by atoms with E-state index in [0.717, 1.165) is 23.2 Å². The molecule has 2 aliphatic rings. The largest absolute Gasteiger partial charge is 0.375 e. The lowest BCUT2D eigenvalue weighted by Gasteiger charge is -2.45. The SMILES string of the molecule is CNC(c1ccc(Br)cn1)C1CCOC2(CCCCC2)C1. The summed E-state index contributed by atoms with van der Waals surface area (Å²) in [5.74, 6) is 0.621. The molecule has 3 rings (SSSR count). The van der Waals surface area contributed by atoms with Crippen LogP contribution in [0.1, 0.15) is 56.7 Å². The third-order valence-electron chi connectivity index (χ3n) is 5.15. The topological polar surface area (TPSA) is 34.2 Å². The Labute approximate surface area is 136 Å². The Bertz CT molecular complexity index is 451. The Morgan fingerprint density at radius 2 is 2.14 bits per heavy atom. The molecule has 1 saturated carbocycles. The van der Waals surface area contributed by atoms with Crippen molar-refractivity contribution in [2.75, 3.05) is 13.7 Å². The van der Waals surface area contributed by atoms with Crippen molar-refractivity contribution in [2.24, 2.45) is 5.92 Å². The van der Waals surface area contributed by atoms with Gasteiger partial charge in [-0.15, -0.1) is 0 Å². The van der Waals surface area contributed by atoms with Crippen molar-refractivity contribution >= 4 is 15.9 Å². The highest BCUT2D eigenvalue weighted by Gasteiger charge is 2.41. The first-order valence-electron chi connectivity index (χ1n) is 8.15. The summed E-state index contributed by atoms with van der Waals surface area (Å²) in [5, 5.41) is 3.50. The lowest BCUT2D eigenvalue weighted by molar-refractivity contribution is -0.122. The van der Waals surface area contributed by atoms with E-state index >= 15 is 0 Å². The van der Waals surface area contributed by atoms with Crippen LogP contribution in [0.2, 0.25) is 0 Å². The minimum Gasteiger partial charge on any atom is -0.375 e. The van der Waals surface area contributed by atoms with Crippen molar-refractivity contribution in [2.45, 2.75) is 56.6 Å². The third kappa shape index (κ3) is 3.49. The van der Waals surface area contributed by atoms with Crippen LogP contribution >= 0.6 is 15.9 Å². The Morgan fingerprint density at radius 1 is 1.33 bits per heavy atom. The lowest BCUT2D eigenvalue weighted by atomic mass is 9.73. The van der Waals surface area contributed by atoms with Gasteiger partial charge in [-0.1, -0.05) is 19.3 Å². The Hall–Kier alpha value is -0.450. The lowest BCUT2D eigenvalue weighted by Crippen LogP contribution is -2.44. The number of rotatable bonds is 3. The molecular weight excluding hydrogens is 328 g/mol. The van der Waals surface area contributed by atoms with E-state index in [0.29, 0.717) is 12.0 Å². The highest BCUT2D eigenvalue weighted by Crippen LogP contribution is 2.43. The summed E-state index contributed by atoms with van der Waals surface area (Å²) in [6, 6.07) is 4.55. The molecule has 2 heterocycles. The number of halogens is 1. The van der Waals surface area contributed by atoms with Crippen LogP contribution in [0.25, 0.3) is 0 Å². The summed E-state index contributed by atoms with van der Waals surface area (Å²) >= 11 is 3.47. The first kappa shape index (κ1) is 15.4. The fraction of sp³-hybridized carbons (Fsp3) is 0.706. The van der Waals surface area contributed by atoms with Gasteiger partial charge < -0.3 is 10.1 Å². The zero-order chi connectivity index (χ0) is 14.7. The quantitative estimate of drug-likeness (QED) is 0.883. The van der Waals surface area contributed by atoms with Gasteiger partial charge >= 0.3 is 0 Å². The van der Waals surface area contributed by atoms with Crippen LogP contribution in [-0.2, 0) is 4.74 Å². The zero-order valence-corrected chi connectivity index (χ0v) is 14.4. The average Bonchev–Trinajstić information content (AvgIpc) is 2.51.